The number of carbonyl (C=O) groups is 2. The van der Waals surface area contributed by atoms with E-state index >= 15 is 0 Å². The molecule has 0 atom stereocenters. The maximum Gasteiger partial charge on any atom is 0.275 e. The molecule has 1 N–H and O–H groups in total. The van der Waals surface area contributed by atoms with E-state index in [1.807, 2.05) is 18.2 Å². The first kappa shape index (κ1) is 23.8. The fourth-order valence-corrected chi connectivity index (χ4v) is 5.03. The summed E-state index contributed by atoms with van der Waals surface area (Å²) in [5.74, 6) is 0.214. The van der Waals surface area contributed by atoms with Gasteiger partial charge in [0, 0.05) is 29.1 Å². The van der Waals surface area contributed by atoms with Crippen molar-refractivity contribution in [2.75, 3.05) is 33.4 Å². The molecule has 1 fully saturated rings. The molecule has 2 aromatic heterocycles. The highest BCUT2D eigenvalue weighted by atomic mass is 35.5. The average molecular weight is 525 g/mol. The van der Waals surface area contributed by atoms with Crippen LogP contribution in [0.2, 0.25) is 5.02 Å². The summed E-state index contributed by atoms with van der Waals surface area (Å²) in [7, 11) is 1.48. The molecule has 11 heteroatoms. The van der Waals surface area contributed by atoms with Gasteiger partial charge in [-0.2, -0.15) is 0 Å². The largest absolute Gasteiger partial charge is 0.493 e. The Bertz CT molecular complexity index is 1520. The topological polar surface area (TPSA) is 103 Å². The van der Waals surface area contributed by atoms with Crippen molar-refractivity contribution in [3.63, 3.8) is 0 Å². The van der Waals surface area contributed by atoms with Crippen LogP contribution in [-0.4, -0.2) is 59.6 Å². The molecular weight excluding hydrogens is 504 g/mol. The minimum Gasteiger partial charge on any atom is -0.493 e. The zero-order chi connectivity index (χ0) is 25.2. The second-order valence-electron chi connectivity index (χ2n) is 8.04. The molecule has 0 spiro atoms. The van der Waals surface area contributed by atoms with Crippen molar-refractivity contribution < 1.29 is 19.1 Å². The van der Waals surface area contributed by atoms with Crippen molar-refractivity contribution >= 4 is 45.0 Å². The van der Waals surface area contributed by atoms with E-state index in [4.69, 9.17) is 21.1 Å². The molecule has 184 valence electrons. The second kappa shape index (κ2) is 10.00. The van der Waals surface area contributed by atoms with Crippen molar-refractivity contribution in [2.24, 2.45) is 0 Å². The highest BCUT2D eigenvalue weighted by molar-refractivity contribution is 7.22. The van der Waals surface area contributed by atoms with E-state index in [-0.39, 0.29) is 30.5 Å². The van der Waals surface area contributed by atoms with Crippen LogP contribution in [0.25, 0.3) is 26.3 Å². The molecule has 0 aliphatic carbocycles. The predicted molar refractivity (Wildman–Crippen MR) is 137 cm³/mol. The van der Waals surface area contributed by atoms with Crippen LogP contribution in [0.3, 0.4) is 0 Å². The molecule has 3 heterocycles. The monoisotopic (exact) mass is 524 g/mol. The lowest BCUT2D eigenvalue weighted by molar-refractivity contribution is -0.139. The lowest BCUT2D eigenvalue weighted by Gasteiger charge is -2.26. The Morgan fingerprint density at radius 1 is 1.14 bits per heavy atom. The van der Waals surface area contributed by atoms with Gasteiger partial charge in [-0.05, 0) is 35.9 Å². The number of aromatic nitrogens is 2. The van der Waals surface area contributed by atoms with Crippen LogP contribution < -0.4 is 20.3 Å². The number of piperazine rings is 1. The molecule has 4 aromatic rings. The van der Waals surface area contributed by atoms with E-state index in [0.717, 1.165) is 10.4 Å². The van der Waals surface area contributed by atoms with Crippen LogP contribution in [0.1, 0.15) is 0 Å². The van der Waals surface area contributed by atoms with E-state index in [1.54, 1.807) is 30.3 Å². The molecule has 36 heavy (non-hydrogen) atoms. The molecule has 1 aliphatic heterocycles. The summed E-state index contributed by atoms with van der Waals surface area (Å²) in [6.07, 6.45) is 1.48. The number of carbonyl (C=O) groups excluding carboxylic acids is 2. The summed E-state index contributed by atoms with van der Waals surface area (Å²) in [6.45, 7) is 0.629. The second-order valence-corrected chi connectivity index (χ2v) is 9.53. The molecule has 5 rings (SSSR count). The third-order valence-electron chi connectivity index (χ3n) is 5.73. The van der Waals surface area contributed by atoms with Gasteiger partial charge < -0.3 is 19.7 Å². The molecule has 9 nitrogen and oxygen atoms in total. The van der Waals surface area contributed by atoms with E-state index < -0.39 is 0 Å². The van der Waals surface area contributed by atoms with E-state index in [2.05, 4.69) is 10.3 Å². The first-order valence-electron chi connectivity index (χ1n) is 11.1. The third-order valence-corrected chi connectivity index (χ3v) is 7.15. The highest BCUT2D eigenvalue weighted by Crippen LogP contribution is 2.33. The van der Waals surface area contributed by atoms with Crippen LogP contribution in [0.4, 0.5) is 0 Å². The van der Waals surface area contributed by atoms with E-state index in [9.17, 15) is 14.4 Å². The number of hydrogen-bond acceptors (Lipinski definition) is 7. The predicted octanol–water partition coefficient (Wildman–Crippen LogP) is 3.11. The van der Waals surface area contributed by atoms with Crippen LogP contribution >= 0.6 is 22.9 Å². The Balaban J connectivity index is 1.38. The minimum atomic E-state index is -0.295. The zero-order valence-electron chi connectivity index (χ0n) is 19.2. The van der Waals surface area contributed by atoms with Gasteiger partial charge in [0.05, 0.1) is 24.9 Å². The Morgan fingerprint density at radius 3 is 2.69 bits per heavy atom. The van der Waals surface area contributed by atoms with Crippen LogP contribution in [0, 0.1) is 0 Å². The SMILES string of the molecule is COc1cc(-n2cnc3cc(-c4ccc(Cl)cc4)sc3c2=O)ccc1OCC(=O)N1CCNC(=O)C1. The van der Waals surface area contributed by atoms with Crippen LogP contribution in [0.5, 0.6) is 11.5 Å². The maximum absolute atomic E-state index is 13.3. The van der Waals surface area contributed by atoms with Crippen molar-refractivity contribution in [3.05, 3.63) is 70.2 Å². The van der Waals surface area contributed by atoms with Gasteiger partial charge in [-0.3, -0.25) is 19.0 Å². The minimum absolute atomic E-state index is 0.0130. The van der Waals surface area contributed by atoms with Crippen LogP contribution in [-0.2, 0) is 9.59 Å². The number of amides is 2. The van der Waals surface area contributed by atoms with Crippen LogP contribution in [0.15, 0.2) is 59.7 Å². The molecule has 0 unspecified atom stereocenters. The molecule has 0 saturated carbocycles. The van der Waals surface area contributed by atoms with Gasteiger partial charge in [-0.15, -0.1) is 11.3 Å². The number of nitrogens with one attached hydrogen (secondary N) is 1. The highest BCUT2D eigenvalue weighted by Gasteiger charge is 2.22. The van der Waals surface area contributed by atoms with E-state index in [1.165, 1.54) is 34.2 Å². The number of benzene rings is 2. The summed E-state index contributed by atoms with van der Waals surface area (Å²) < 4.78 is 13.1. The van der Waals surface area contributed by atoms with Crippen molar-refractivity contribution in [1.29, 1.82) is 0 Å². The van der Waals surface area contributed by atoms with Gasteiger partial charge in [0.1, 0.15) is 11.0 Å². The molecule has 1 saturated heterocycles. The van der Waals surface area contributed by atoms with Gasteiger partial charge in [0.15, 0.2) is 18.1 Å². The zero-order valence-corrected chi connectivity index (χ0v) is 20.8. The summed E-state index contributed by atoms with van der Waals surface area (Å²) in [5.41, 5.74) is 1.90. The molecule has 2 amide bonds. The lowest BCUT2D eigenvalue weighted by atomic mass is 10.2. The van der Waals surface area contributed by atoms with Gasteiger partial charge in [-0.1, -0.05) is 23.7 Å². The number of ether oxygens (including phenoxy) is 2. The van der Waals surface area contributed by atoms with Gasteiger partial charge >= 0.3 is 0 Å². The summed E-state index contributed by atoms with van der Waals surface area (Å²) in [6, 6.07) is 14.3. The summed E-state index contributed by atoms with van der Waals surface area (Å²) in [4.78, 5) is 44.1. The summed E-state index contributed by atoms with van der Waals surface area (Å²) in [5, 5.41) is 3.32. The fraction of sp³-hybridized carbons (Fsp3) is 0.200. The van der Waals surface area contributed by atoms with Crippen molar-refractivity contribution in [1.82, 2.24) is 19.8 Å². The number of halogens is 1. The number of thiophene rings is 1. The Kier molecular flexibility index (Phi) is 6.62. The first-order valence-corrected chi connectivity index (χ1v) is 12.2. The number of fused-ring (bicyclic) bond motifs is 1. The normalized spacial score (nSPS) is 13.5. The van der Waals surface area contributed by atoms with Gasteiger partial charge in [0.25, 0.3) is 11.5 Å². The lowest BCUT2D eigenvalue weighted by Crippen LogP contribution is -2.51. The number of hydrogen-bond donors (Lipinski definition) is 1. The number of methoxy groups -OCH3 is 1. The maximum atomic E-state index is 13.3. The smallest absolute Gasteiger partial charge is 0.275 e. The first-order chi connectivity index (χ1) is 17.4. The van der Waals surface area contributed by atoms with Crippen molar-refractivity contribution in [3.8, 4) is 27.6 Å². The molecule has 1 aliphatic rings. The third kappa shape index (κ3) is 4.77. The molecule has 0 radical (unpaired) electrons. The Hall–Kier alpha value is -3.89. The molecule has 2 aromatic carbocycles. The fourth-order valence-electron chi connectivity index (χ4n) is 3.86. The quantitative estimate of drug-likeness (QED) is 0.416. The summed E-state index contributed by atoms with van der Waals surface area (Å²) >= 11 is 7.35. The Morgan fingerprint density at radius 2 is 1.94 bits per heavy atom. The van der Waals surface area contributed by atoms with Gasteiger partial charge in [-0.25, -0.2) is 4.98 Å². The molecular formula is C25H21ClN4O5S. The standard InChI is InChI=1S/C25H21ClN4O5S/c1-34-20-10-17(6-7-19(20)35-13-23(32)29-9-8-27-22(31)12-29)30-14-28-18-11-21(36-24(18)25(30)33)15-2-4-16(26)5-3-15/h2-7,10-11,14H,8-9,12-13H2,1H3,(H,27,31). The number of rotatable bonds is 6. The molecule has 0 bridgehead atoms. The van der Waals surface area contributed by atoms with Crippen molar-refractivity contribution in [2.45, 2.75) is 0 Å². The Labute approximate surface area is 214 Å². The van der Waals surface area contributed by atoms with Gasteiger partial charge in [0.2, 0.25) is 5.91 Å². The average Bonchev–Trinajstić information content (AvgIpc) is 3.33. The van der Waals surface area contributed by atoms with E-state index in [0.29, 0.717) is 45.5 Å². The number of nitrogens with zero attached hydrogens (tertiary/aromatic N) is 3.